The fraction of sp³-hybridized carbons (Fsp3) is 0.360. The Labute approximate surface area is 206 Å². The van der Waals surface area contributed by atoms with Gasteiger partial charge < -0.3 is 20.0 Å². The van der Waals surface area contributed by atoms with E-state index in [-0.39, 0.29) is 37.2 Å². The van der Waals surface area contributed by atoms with Crippen LogP contribution in [0.2, 0.25) is 0 Å². The highest BCUT2D eigenvalue weighted by Crippen LogP contribution is 2.27. The first-order valence-corrected chi connectivity index (χ1v) is 12.4. The van der Waals surface area contributed by atoms with Crippen molar-refractivity contribution in [2.24, 2.45) is 0 Å². The fourth-order valence-corrected chi connectivity index (χ4v) is 4.74. The second-order valence-electron chi connectivity index (χ2n) is 8.43. The molecule has 1 aromatic carbocycles. The monoisotopic (exact) mass is 498 g/mol. The number of hydrogen-bond donors (Lipinski definition) is 2. The van der Waals surface area contributed by atoms with Gasteiger partial charge in [0.25, 0.3) is 0 Å². The summed E-state index contributed by atoms with van der Waals surface area (Å²) in [5.74, 6) is -1.03. The van der Waals surface area contributed by atoms with E-state index in [9.17, 15) is 18.8 Å². The van der Waals surface area contributed by atoms with Gasteiger partial charge in [-0.15, -0.1) is 11.3 Å². The Morgan fingerprint density at radius 3 is 2.57 bits per heavy atom. The molecular formula is C25H27FN4O4S. The van der Waals surface area contributed by atoms with E-state index in [1.165, 1.54) is 46.8 Å². The Morgan fingerprint density at radius 2 is 1.91 bits per heavy atom. The molecular weight excluding hydrogens is 471 g/mol. The Balaban J connectivity index is 1.56. The minimum Gasteiger partial charge on any atom is -0.467 e. The van der Waals surface area contributed by atoms with Gasteiger partial charge in [-0.05, 0) is 42.7 Å². The van der Waals surface area contributed by atoms with Gasteiger partial charge in [-0.2, -0.15) is 0 Å². The Bertz CT molecular complexity index is 1110. The van der Waals surface area contributed by atoms with Crippen molar-refractivity contribution in [3.8, 4) is 0 Å². The van der Waals surface area contributed by atoms with Crippen LogP contribution >= 0.6 is 11.3 Å². The van der Waals surface area contributed by atoms with Gasteiger partial charge in [-0.1, -0.05) is 25.0 Å². The SMILES string of the molecule is O=C(CCC(=O)N(Cc1ccco1)[C@@H](C(=O)NC1CCCC1)c1ccc(F)cc1)Nc1nccs1. The molecule has 2 N–H and O–H groups in total. The summed E-state index contributed by atoms with van der Waals surface area (Å²) in [5, 5.41) is 7.91. The number of nitrogens with one attached hydrogen (secondary N) is 2. The second kappa shape index (κ2) is 11.7. The topological polar surface area (TPSA) is 105 Å². The van der Waals surface area contributed by atoms with E-state index < -0.39 is 17.8 Å². The number of halogens is 1. The first-order valence-electron chi connectivity index (χ1n) is 11.6. The summed E-state index contributed by atoms with van der Waals surface area (Å²) in [5.41, 5.74) is 0.481. The number of furan rings is 1. The number of hydrogen-bond acceptors (Lipinski definition) is 6. The summed E-state index contributed by atoms with van der Waals surface area (Å²) in [4.78, 5) is 44.7. The predicted molar refractivity (Wildman–Crippen MR) is 129 cm³/mol. The van der Waals surface area contributed by atoms with Crippen LogP contribution in [0.1, 0.15) is 55.9 Å². The largest absolute Gasteiger partial charge is 0.467 e. The van der Waals surface area contributed by atoms with Gasteiger partial charge in [-0.3, -0.25) is 14.4 Å². The first kappa shape index (κ1) is 24.6. The van der Waals surface area contributed by atoms with Crippen molar-refractivity contribution in [2.75, 3.05) is 5.32 Å². The molecule has 0 radical (unpaired) electrons. The van der Waals surface area contributed by atoms with Crippen molar-refractivity contribution in [2.45, 2.75) is 57.2 Å². The lowest BCUT2D eigenvalue weighted by Gasteiger charge is -2.32. The van der Waals surface area contributed by atoms with Gasteiger partial charge in [0.15, 0.2) is 5.13 Å². The standard InChI is InChI=1S/C25H27FN4O4S/c26-18-9-7-17(8-10-18)23(24(33)28-19-4-1-2-5-19)30(16-20-6-3-14-34-20)22(32)12-11-21(31)29-25-27-13-15-35-25/h3,6-10,13-15,19,23H,1-2,4-5,11-12,16H2,(H,28,33)(H,27,29,31)/t23-/m1/s1. The molecule has 3 amide bonds. The molecule has 2 aromatic heterocycles. The number of anilines is 1. The van der Waals surface area contributed by atoms with E-state index in [2.05, 4.69) is 15.6 Å². The van der Waals surface area contributed by atoms with E-state index in [1.807, 2.05) is 0 Å². The van der Waals surface area contributed by atoms with Crippen molar-refractivity contribution in [1.29, 1.82) is 0 Å². The van der Waals surface area contributed by atoms with E-state index in [4.69, 9.17) is 4.42 Å². The molecule has 0 aliphatic heterocycles. The average Bonchev–Trinajstić information content (AvgIpc) is 3.63. The maximum atomic E-state index is 13.7. The van der Waals surface area contributed by atoms with Crippen molar-refractivity contribution in [1.82, 2.24) is 15.2 Å². The van der Waals surface area contributed by atoms with Crippen molar-refractivity contribution < 1.29 is 23.2 Å². The summed E-state index contributed by atoms with van der Waals surface area (Å²) < 4.78 is 19.1. The third kappa shape index (κ3) is 6.75. The molecule has 4 rings (SSSR count). The van der Waals surface area contributed by atoms with Gasteiger partial charge in [0.1, 0.15) is 17.6 Å². The Morgan fingerprint density at radius 1 is 1.14 bits per heavy atom. The maximum Gasteiger partial charge on any atom is 0.247 e. The molecule has 1 aliphatic rings. The smallest absolute Gasteiger partial charge is 0.247 e. The molecule has 2 heterocycles. The predicted octanol–water partition coefficient (Wildman–Crippen LogP) is 4.42. The van der Waals surface area contributed by atoms with Crippen LogP contribution in [0.15, 0.2) is 58.7 Å². The van der Waals surface area contributed by atoms with Gasteiger partial charge >= 0.3 is 0 Å². The lowest BCUT2D eigenvalue weighted by molar-refractivity contribution is -0.142. The second-order valence-corrected chi connectivity index (χ2v) is 9.33. The number of amides is 3. The van der Waals surface area contributed by atoms with Crippen molar-refractivity contribution in [3.05, 3.63) is 71.4 Å². The fourth-order valence-electron chi connectivity index (χ4n) is 4.19. The van der Waals surface area contributed by atoms with Crippen LogP contribution in [0.3, 0.4) is 0 Å². The number of carbonyl (C=O) groups excluding carboxylic acids is 3. The quantitative estimate of drug-likeness (QED) is 0.431. The van der Waals surface area contributed by atoms with Crippen LogP contribution in [0, 0.1) is 5.82 Å². The van der Waals surface area contributed by atoms with Crippen molar-refractivity contribution in [3.63, 3.8) is 0 Å². The molecule has 0 bridgehead atoms. The van der Waals surface area contributed by atoms with Gasteiger partial charge in [0.2, 0.25) is 17.7 Å². The van der Waals surface area contributed by atoms with Crippen LogP contribution in [-0.2, 0) is 20.9 Å². The average molecular weight is 499 g/mol. The Kier molecular flexibility index (Phi) is 8.25. The van der Waals surface area contributed by atoms with Crippen molar-refractivity contribution >= 4 is 34.2 Å². The third-order valence-corrected chi connectivity index (χ3v) is 6.61. The summed E-state index contributed by atoms with van der Waals surface area (Å²) in [6, 6.07) is 7.99. The number of rotatable bonds is 10. The number of carbonyl (C=O) groups is 3. The molecule has 1 aliphatic carbocycles. The highest BCUT2D eigenvalue weighted by molar-refractivity contribution is 7.13. The Hall–Kier alpha value is -3.53. The molecule has 10 heteroatoms. The lowest BCUT2D eigenvalue weighted by Crippen LogP contribution is -2.46. The van der Waals surface area contributed by atoms with Gasteiger partial charge in [-0.25, -0.2) is 9.37 Å². The summed E-state index contributed by atoms with van der Waals surface area (Å²) in [7, 11) is 0. The first-order chi connectivity index (χ1) is 17.0. The highest BCUT2D eigenvalue weighted by atomic mass is 32.1. The zero-order valence-corrected chi connectivity index (χ0v) is 19.9. The molecule has 0 unspecified atom stereocenters. The van der Waals surface area contributed by atoms with E-state index in [1.54, 1.807) is 23.7 Å². The zero-order chi connectivity index (χ0) is 24.6. The zero-order valence-electron chi connectivity index (χ0n) is 19.1. The minimum atomic E-state index is -1.00. The molecule has 35 heavy (non-hydrogen) atoms. The van der Waals surface area contributed by atoms with Crippen LogP contribution < -0.4 is 10.6 Å². The van der Waals surface area contributed by atoms with Crippen LogP contribution in [0.5, 0.6) is 0 Å². The van der Waals surface area contributed by atoms with Gasteiger partial charge in [0.05, 0.1) is 12.8 Å². The lowest BCUT2D eigenvalue weighted by atomic mass is 10.0. The molecule has 184 valence electrons. The molecule has 0 saturated heterocycles. The molecule has 0 spiro atoms. The van der Waals surface area contributed by atoms with Crippen LogP contribution in [0.25, 0.3) is 0 Å². The van der Waals surface area contributed by atoms with E-state index in [0.717, 1.165) is 25.7 Å². The number of thiazole rings is 1. The molecule has 1 saturated carbocycles. The molecule has 3 aromatic rings. The minimum absolute atomic E-state index is 0.0278. The van der Waals surface area contributed by atoms with Gasteiger partial charge in [0, 0.05) is 30.5 Å². The van der Waals surface area contributed by atoms with E-state index in [0.29, 0.717) is 16.5 Å². The third-order valence-electron chi connectivity index (χ3n) is 5.92. The molecule has 1 atom stereocenters. The summed E-state index contributed by atoms with van der Waals surface area (Å²) in [6.45, 7) is 0.0278. The summed E-state index contributed by atoms with van der Waals surface area (Å²) in [6.07, 6.45) is 6.71. The number of aromatic nitrogens is 1. The maximum absolute atomic E-state index is 13.7. The molecule has 8 nitrogen and oxygen atoms in total. The summed E-state index contributed by atoms with van der Waals surface area (Å²) >= 11 is 1.28. The number of benzene rings is 1. The van der Waals surface area contributed by atoms with E-state index >= 15 is 0 Å². The van der Waals surface area contributed by atoms with Crippen LogP contribution in [-0.4, -0.2) is 33.6 Å². The normalized spacial score (nSPS) is 14.4. The molecule has 1 fully saturated rings. The highest BCUT2D eigenvalue weighted by Gasteiger charge is 2.33. The van der Waals surface area contributed by atoms with Crippen LogP contribution in [0.4, 0.5) is 9.52 Å². The number of nitrogens with zero attached hydrogens (tertiary/aromatic N) is 2.